The van der Waals surface area contributed by atoms with Crippen LogP contribution in [0.15, 0.2) is 33.5 Å². The Hall–Kier alpha value is -2.17. The van der Waals surface area contributed by atoms with Crippen molar-refractivity contribution >= 4 is 27.0 Å². The van der Waals surface area contributed by atoms with Crippen LogP contribution in [0, 0.1) is 5.92 Å². The van der Waals surface area contributed by atoms with Gasteiger partial charge in [0.25, 0.3) is 0 Å². The highest BCUT2D eigenvalue weighted by atomic mass is 32.2. The number of para-hydroxylation sites is 2. The summed E-state index contributed by atoms with van der Waals surface area (Å²) in [6, 6.07) is 6.41. The van der Waals surface area contributed by atoms with E-state index in [0.29, 0.717) is 11.1 Å². The molecule has 3 rings (SSSR count). The number of benzene rings is 1. The standard InChI is InChI=1S/C16H21N3O6S/c1-18(2)26(22,23)10-11-8-24-9-12(11)17-15(20)7-19-13-5-3-4-6-14(13)25-16(19)21/h3-6,11-12H,7-10H2,1-2H3,(H,17,20)/t11-,12+/m0/s1. The fraction of sp³-hybridized carbons (Fsp3) is 0.500. The van der Waals surface area contributed by atoms with Gasteiger partial charge in [0.15, 0.2) is 5.58 Å². The number of amides is 1. The van der Waals surface area contributed by atoms with Crippen LogP contribution in [0.4, 0.5) is 0 Å². The van der Waals surface area contributed by atoms with E-state index < -0.39 is 27.7 Å². The van der Waals surface area contributed by atoms with Gasteiger partial charge < -0.3 is 14.5 Å². The van der Waals surface area contributed by atoms with Gasteiger partial charge in [-0.25, -0.2) is 17.5 Å². The molecule has 2 heterocycles. The van der Waals surface area contributed by atoms with E-state index in [1.54, 1.807) is 24.3 Å². The highest BCUT2D eigenvalue weighted by Gasteiger charge is 2.34. The number of oxazole rings is 1. The summed E-state index contributed by atoms with van der Waals surface area (Å²) in [7, 11) is -0.469. The summed E-state index contributed by atoms with van der Waals surface area (Å²) in [5.74, 6) is -1.47. The number of carbonyl (C=O) groups is 1. The van der Waals surface area contributed by atoms with Crippen molar-refractivity contribution in [2.24, 2.45) is 5.92 Å². The lowest BCUT2D eigenvalue weighted by Gasteiger charge is -2.21. The number of rotatable bonds is 6. The Bertz CT molecular complexity index is 962. The smallest absolute Gasteiger partial charge is 0.408 e. The van der Waals surface area contributed by atoms with Gasteiger partial charge in [0, 0.05) is 20.0 Å². The fourth-order valence-electron chi connectivity index (χ4n) is 2.90. The maximum Gasteiger partial charge on any atom is 0.420 e. The zero-order valence-corrected chi connectivity index (χ0v) is 15.4. The Morgan fingerprint density at radius 1 is 1.31 bits per heavy atom. The molecule has 1 fully saturated rings. The Morgan fingerprint density at radius 2 is 2.04 bits per heavy atom. The van der Waals surface area contributed by atoms with Crippen LogP contribution in [0.25, 0.3) is 11.1 Å². The number of hydrogen-bond acceptors (Lipinski definition) is 6. The van der Waals surface area contributed by atoms with Crippen molar-refractivity contribution in [1.82, 2.24) is 14.2 Å². The molecule has 26 heavy (non-hydrogen) atoms. The monoisotopic (exact) mass is 383 g/mol. The molecular formula is C16H21N3O6S. The van der Waals surface area contributed by atoms with E-state index >= 15 is 0 Å². The molecule has 0 unspecified atom stereocenters. The predicted molar refractivity (Wildman–Crippen MR) is 94.2 cm³/mol. The van der Waals surface area contributed by atoms with Crippen molar-refractivity contribution in [3.8, 4) is 0 Å². The maximum atomic E-state index is 12.4. The average molecular weight is 383 g/mol. The van der Waals surface area contributed by atoms with E-state index in [2.05, 4.69) is 5.32 Å². The molecule has 1 amide bonds. The second-order valence-corrected chi connectivity index (χ2v) is 8.68. The lowest BCUT2D eigenvalue weighted by molar-refractivity contribution is -0.122. The number of nitrogens with one attached hydrogen (secondary N) is 1. The molecule has 1 N–H and O–H groups in total. The molecule has 1 aliphatic rings. The van der Waals surface area contributed by atoms with Crippen LogP contribution >= 0.6 is 0 Å². The molecule has 2 atom stereocenters. The molecule has 0 bridgehead atoms. The molecule has 0 aliphatic carbocycles. The van der Waals surface area contributed by atoms with Crippen LogP contribution in [0.1, 0.15) is 0 Å². The molecule has 1 aromatic carbocycles. The predicted octanol–water partition coefficient (Wildman–Crippen LogP) is -0.383. The van der Waals surface area contributed by atoms with Crippen molar-refractivity contribution in [1.29, 1.82) is 0 Å². The highest BCUT2D eigenvalue weighted by molar-refractivity contribution is 7.89. The van der Waals surface area contributed by atoms with Crippen LogP contribution in [0.3, 0.4) is 0 Å². The van der Waals surface area contributed by atoms with Crippen LogP contribution in [0.5, 0.6) is 0 Å². The van der Waals surface area contributed by atoms with E-state index in [4.69, 9.17) is 9.15 Å². The van der Waals surface area contributed by atoms with Gasteiger partial charge in [-0.3, -0.25) is 9.36 Å². The molecule has 1 aromatic heterocycles. The van der Waals surface area contributed by atoms with Crippen LogP contribution in [0.2, 0.25) is 0 Å². The van der Waals surface area contributed by atoms with Gasteiger partial charge in [0.05, 0.1) is 30.5 Å². The van der Waals surface area contributed by atoms with E-state index in [1.165, 1.54) is 18.7 Å². The Labute approximate surface area is 150 Å². The third kappa shape index (κ3) is 3.81. The van der Waals surface area contributed by atoms with Gasteiger partial charge in [0.1, 0.15) is 6.54 Å². The van der Waals surface area contributed by atoms with Crippen LogP contribution in [-0.4, -0.2) is 62.3 Å². The Morgan fingerprint density at radius 3 is 2.77 bits per heavy atom. The van der Waals surface area contributed by atoms with Crippen molar-refractivity contribution in [2.45, 2.75) is 12.6 Å². The summed E-state index contributed by atoms with van der Waals surface area (Å²) in [6.07, 6.45) is 0. The van der Waals surface area contributed by atoms with Crippen molar-refractivity contribution < 1.29 is 22.4 Å². The van der Waals surface area contributed by atoms with E-state index in [1.807, 2.05) is 0 Å². The summed E-state index contributed by atoms with van der Waals surface area (Å²) in [5.41, 5.74) is 0.937. The molecule has 2 aromatic rings. The first-order valence-electron chi connectivity index (χ1n) is 8.13. The quantitative estimate of drug-likeness (QED) is 0.728. The minimum absolute atomic E-state index is 0.112. The van der Waals surface area contributed by atoms with Gasteiger partial charge in [-0.15, -0.1) is 0 Å². The molecule has 1 saturated heterocycles. The first-order chi connectivity index (χ1) is 12.3. The Kier molecular flexibility index (Phi) is 5.17. The van der Waals surface area contributed by atoms with Crippen molar-refractivity contribution in [3.05, 3.63) is 34.8 Å². The number of carbonyl (C=O) groups excluding carboxylic acids is 1. The van der Waals surface area contributed by atoms with E-state index in [-0.39, 0.29) is 31.4 Å². The Balaban J connectivity index is 1.69. The van der Waals surface area contributed by atoms with Gasteiger partial charge >= 0.3 is 5.76 Å². The molecule has 0 radical (unpaired) electrons. The first kappa shape index (κ1) is 18.6. The van der Waals surface area contributed by atoms with Crippen LogP contribution < -0.4 is 11.1 Å². The zero-order valence-electron chi connectivity index (χ0n) is 14.5. The number of aromatic nitrogens is 1. The lowest BCUT2D eigenvalue weighted by Crippen LogP contribution is -2.45. The molecule has 1 aliphatic heterocycles. The van der Waals surface area contributed by atoms with Crippen LogP contribution in [-0.2, 0) is 26.1 Å². The second kappa shape index (κ2) is 7.22. The maximum absolute atomic E-state index is 12.4. The molecule has 0 spiro atoms. The summed E-state index contributed by atoms with van der Waals surface area (Å²) < 4.78 is 37.0. The number of fused-ring (bicyclic) bond motifs is 1. The van der Waals surface area contributed by atoms with Gasteiger partial charge in [-0.05, 0) is 12.1 Å². The zero-order chi connectivity index (χ0) is 18.9. The third-order valence-corrected chi connectivity index (χ3v) is 6.36. The number of hydrogen-bond donors (Lipinski definition) is 1. The molecule has 10 heteroatoms. The summed E-state index contributed by atoms with van der Waals surface area (Å²) in [5, 5.41) is 2.77. The first-order valence-corrected chi connectivity index (χ1v) is 9.74. The van der Waals surface area contributed by atoms with E-state index in [9.17, 15) is 18.0 Å². The average Bonchev–Trinajstić information content (AvgIpc) is 3.12. The SMILES string of the molecule is CN(C)S(=O)(=O)C[C@@H]1COC[C@H]1NC(=O)Cn1c(=O)oc2ccccc21. The molecule has 0 saturated carbocycles. The van der Waals surface area contributed by atoms with Crippen molar-refractivity contribution in [3.63, 3.8) is 0 Å². The normalized spacial score (nSPS) is 20.7. The van der Waals surface area contributed by atoms with Gasteiger partial charge in [-0.1, -0.05) is 12.1 Å². The van der Waals surface area contributed by atoms with Gasteiger partial charge in [0.2, 0.25) is 15.9 Å². The number of sulfonamides is 1. The van der Waals surface area contributed by atoms with Crippen molar-refractivity contribution in [2.75, 3.05) is 33.1 Å². The molecule has 142 valence electrons. The lowest BCUT2D eigenvalue weighted by atomic mass is 10.1. The van der Waals surface area contributed by atoms with Gasteiger partial charge in [-0.2, -0.15) is 0 Å². The number of nitrogens with zero attached hydrogens (tertiary/aromatic N) is 2. The largest absolute Gasteiger partial charge is 0.420 e. The fourth-order valence-corrected chi connectivity index (χ4v) is 4.07. The number of ether oxygens (including phenoxy) is 1. The minimum Gasteiger partial charge on any atom is -0.408 e. The van der Waals surface area contributed by atoms with E-state index in [0.717, 1.165) is 4.31 Å². The molecule has 9 nitrogen and oxygen atoms in total. The minimum atomic E-state index is -3.40. The summed E-state index contributed by atoms with van der Waals surface area (Å²) >= 11 is 0. The highest BCUT2D eigenvalue weighted by Crippen LogP contribution is 2.17. The second-order valence-electron chi connectivity index (χ2n) is 6.45. The summed E-state index contributed by atoms with van der Waals surface area (Å²) in [6.45, 7) is 0.284. The topological polar surface area (TPSA) is 111 Å². The molecular weight excluding hydrogens is 362 g/mol. The summed E-state index contributed by atoms with van der Waals surface area (Å²) in [4.78, 5) is 24.3. The third-order valence-electron chi connectivity index (χ3n) is 4.40.